The number of benzene rings is 1. The number of carbonyl (C=O) groups excluding carboxylic acids is 2. The smallest absolute Gasteiger partial charge is 0.269 e. The average Bonchev–Trinajstić information content (AvgIpc) is 3.01. The molecule has 8 heteroatoms. The Morgan fingerprint density at radius 2 is 1.92 bits per heavy atom. The maximum absolute atomic E-state index is 11.9. The van der Waals surface area contributed by atoms with Crippen LogP contribution in [0, 0.1) is 0 Å². The van der Waals surface area contributed by atoms with Gasteiger partial charge in [-0.25, -0.2) is 4.98 Å². The average molecular weight is 361 g/mol. The molecule has 0 spiro atoms. The third-order valence-corrected chi connectivity index (χ3v) is 4.38. The van der Waals surface area contributed by atoms with Crippen LogP contribution in [0.3, 0.4) is 0 Å². The Hall–Kier alpha value is -2.51. The summed E-state index contributed by atoms with van der Waals surface area (Å²) in [7, 11) is 0. The topological polar surface area (TPSA) is 75.5 Å². The highest BCUT2D eigenvalue weighted by atomic mass is 35.5. The highest BCUT2D eigenvalue weighted by Crippen LogP contribution is 2.17. The monoisotopic (exact) mass is 360 g/mol. The lowest BCUT2D eigenvalue weighted by Gasteiger charge is -2.07. The molecule has 0 aliphatic rings. The van der Waals surface area contributed by atoms with Gasteiger partial charge in [-0.05, 0) is 36.4 Å². The van der Waals surface area contributed by atoms with Gasteiger partial charge in [-0.2, -0.15) is 0 Å². The number of hydrogen-bond donors (Lipinski definition) is 2. The molecule has 122 valence electrons. The number of aromatic nitrogens is 2. The van der Waals surface area contributed by atoms with Crippen LogP contribution in [0.1, 0.15) is 10.4 Å². The van der Waals surface area contributed by atoms with Crippen molar-refractivity contribution in [3.63, 3.8) is 0 Å². The second-order valence-corrected chi connectivity index (χ2v) is 6.21. The van der Waals surface area contributed by atoms with E-state index in [2.05, 4.69) is 15.8 Å². The molecule has 24 heavy (non-hydrogen) atoms. The van der Waals surface area contributed by atoms with Gasteiger partial charge >= 0.3 is 0 Å². The highest BCUT2D eigenvalue weighted by Gasteiger charge is 2.10. The minimum atomic E-state index is -0.406. The molecule has 0 saturated heterocycles. The molecular weight excluding hydrogens is 348 g/mol. The first-order valence-electron chi connectivity index (χ1n) is 7.03. The molecule has 0 bridgehead atoms. The number of nitrogens with one attached hydrogen (secondary N) is 2. The fraction of sp³-hybridized carbons (Fsp3) is 0.0625. The standard InChI is InChI=1S/C16H13ClN4O2S/c17-12-6-4-11(5-7-12)15(23)20-19-14(22)10-24-16-18-9-13-3-1-2-8-21(13)16/h1-9H,10H2,(H,19,22)(H,20,23). The molecule has 3 aromatic rings. The Morgan fingerprint density at radius 3 is 2.71 bits per heavy atom. The number of carbonyl (C=O) groups is 2. The lowest BCUT2D eigenvalue weighted by Crippen LogP contribution is -2.42. The predicted molar refractivity (Wildman–Crippen MR) is 93.0 cm³/mol. The van der Waals surface area contributed by atoms with E-state index in [1.54, 1.807) is 30.5 Å². The van der Waals surface area contributed by atoms with Crippen LogP contribution in [0.5, 0.6) is 0 Å². The molecule has 6 nitrogen and oxygen atoms in total. The quantitative estimate of drug-likeness (QED) is 0.554. The molecule has 2 amide bonds. The van der Waals surface area contributed by atoms with Gasteiger partial charge < -0.3 is 0 Å². The summed E-state index contributed by atoms with van der Waals surface area (Å²) >= 11 is 7.05. The first-order valence-corrected chi connectivity index (χ1v) is 8.39. The van der Waals surface area contributed by atoms with E-state index in [-0.39, 0.29) is 11.7 Å². The Morgan fingerprint density at radius 1 is 1.12 bits per heavy atom. The fourth-order valence-electron chi connectivity index (χ4n) is 1.99. The molecule has 3 rings (SSSR count). The van der Waals surface area contributed by atoms with E-state index in [4.69, 9.17) is 11.6 Å². The molecule has 0 aliphatic heterocycles. The van der Waals surface area contributed by atoms with Crippen molar-refractivity contribution in [2.45, 2.75) is 5.16 Å². The predicted octanol–water partition coefficient (Wildman–Crippen LogP) is 2.54. The van der Waals surface area contributed by atoms with Crippen molar-refractivity contribution < 1.29 is 9.59 Å². The van der Waals surface area contributed by atoms with E-state index < -0.39 is 5.91 Å². The minimum absolute atomic E-state index is 0.134. The Labute approximate surface area is 147 Å². The summed E-state index contributed by atoms with van der Waals surface area (Å²) in [5.41, 5.74) is 6.10. The van der Waals surface area contributed by atoms with Gasteiger partial charge in [0.2, 0.25) is 5.91 Å². The van der Waals surface area contributed by atoms with Gasteiger partial charge in [-0.3, -0.25) is 24.8 Å². The number of pyridine rings is 1. The number of nitrogens with zero attached hydrogens (tertiary/aromatic N) is 2. The van der Waals surface area contributed by atoms with Crippen molar-refractivity contribution >= 4 is 40.7 Å². The largest absolute Gasteiger partial charge is 0.295 e. The van der Waals surface area contributed by atoms with Crippen LogP contribution in [0.4, 0.5) is 0 Å². The van der Waals surface area contributed by atoms with Crippen LogP contribution in [0.25, 0.3) is 5.52 Å². The minimum Gasteiger partial charge on any atom is -0.295 e. The third-order valence-electron chi connectivity index (χ3n) is 3.16. The van der Waals surface area contributed by atoms with Gasteiger partial charge in [0.25, 0.3) is 5.91 Å². The third kappa shape index (κ3) is 3.87. The number of rotatable bonds is 4. The lowest BCUT2D eigenvalue weighted by molar-refractivity contribution is -0.119. The Kier molecular flexibility index (Phi) is 5.02. The van der Waals surface area contributed by atoms with Crippen molar-refractivity contribution in [2.24, 2.45) is 0 Å². The number of amides is 2. The molecule has 0 aliphatic carbocycles. The van der Waals surface area contributed by atoms with Crippen LogP contribution in [-0.2, 0) is 4.79 Å². The van der Waals surface area contributed by atoms with E-state index in [0.717, 1.165) is 5.52 Å². The van der Waals surface area contributed by atoms with Crippen LogP contribution >= 0.6 is 23.4 Å². The van der Waals surface area contributed by atoms with Gasteiger partial charge in [-0.15, -0.1) is 0 Å². The molecule has 2 aromatic heterocycles. The van der Waals surface area contributed by atoms with Crippen molar-refractivity contribution in [3.05, 3.63) is 65.4 Å². The first-order chi connectivity index (χ1) is 11.6. The zero-order chi connectivity index (χ0) is 16.9. The zero-order valence-corrected chi connectivity index (χ0v) is 14.0. The summed E-state index contributed by atoms with van der Waals surface area (Å²) in [6, 6.07) is 12.1. The maximum atomic E-state index is 11.9. The van der Waals surface area contributed by atoms with E-state index >= 15 is 0 Å². The van der Waals surface area contributed by atoms with Gasteiger partial charge in [0.05, 0.1) is 17.5 Å². The summed E-state index contributed by atoms with van der Waals surface area (Å²) in [6.07, 6.45) is 3.62. The van der Waals surface area contributed by atoms with E-state index in [1.165, 1.54) is 11.8 Å². The lowest BCUT2D eigenvalue weighted by atomic mass is 10.2. The number of thioether (sulfide) groups is 1. The Balaban J connectivity index is 1.51. The second-order valence-electron chi connectivity index (χ2n) is 4.83. The summed E-state index contributed by atoms with van der Waals surface area (Å²) in [5, 5.41) is 1.25. The highest BCUT2D eigenvalue weighted by molar-refractivity contribution is 7.99. The van der Waals surface area contributed by atoms with Crippen LogP contribution in [0.2, 0.25) is 5.02 Å². The van der Waals surface area contributed by atoms with Gasteiger partial charge in [0, 0.05) is 16.8 Å². The molecule has 0 radical (unpaired) electrons. The number of fused-ring (bicyclic) bond motifs is 1. The number of halogens is 1. The van der Waals surface area contributed by atoms with Crippen LogP contribution in [-0.4, -0.2) is 27.0 Å². The molecule has 1 aromatic carbocycles. The zero-order valence-electron chi connectivity index (χ0n) is 12.4. The van der Waals surface area contributed by atoms with Gasteiger partial charge in [-0.1, -0.05) is 29.4 Å². The summed E-state index contributed by atoms with van der Waals surface area (Å²) < 4.78 is 1.89. The normalized spacial score (nSPS) is 10.5. The van der Waals surface area contributed by atoms with Crippen molar-refractivity contribution in [1.82, 2.24) is 20.2 Å². The molecule has 0 atom stereocenters. The van der Waals surface area contributed by atoms with Gasteiger partial charge in [0.15, 0.2) is 5.16 Å². The van der Waals surface area contributed by atoms with Crippen molar-refractivity contribution in [3.8, 4) is 0 Å². The summed E-state index contributed by atoms with van der Waals surface area (Å²) in [4.78, 5) is 28.0. The molecule has 0 unspecified atom stereocenters. The number of imidazole rings is 1. The van der Waals surface area contributed by atoms with Crippen LogP contribution < -0.4 is 10.9 Å². The SMILES string of the molecule is O=C(CSc1ncc2ccccn12)NNC(=O)c1ccc(Cl)cc1. The molecule has 0 fully saturated rings. The van der Waals surface area contributed by atoms with Crippen molar-refractivity contribution in [2.75, 3.05) is 5.75 Å². The van der Waals surface area contributed by atoms with Gasteiger partial charge in [0.1, 0.15) is 0 Å². The second kappa shape index (κ2) is 7.37. The summed E-state index contributed by atoms with van der Waals surface area (Å²) in [6.45, 7) is 0. The van der Waals surface area contributed by atoms with Crippen molar-refractivity contribution in [1.29, 1.82) is 0 Å². The fourth-order valence-corrected chi connectivity index (χ4v) is 2.88. The van der Waals surface area contributed by atoms with E-state index in [9.17, 15) is 9.59 Å². The Bertz CT molecular complexity index is 879. The molecule has 0 saturated carbocycles. The number of hydrazine groups is 1. The van der Waals surface area contributed by atoms with Crippen LogP contribution in [0.15, 0.2) is 60.0 Å². The van der Waals surface area contributed by atoms with E-state index in [0.29, 0.717) is 15.7 Å². The first kappa shape index (κ1) is 16.4. The molecule has 2 heterocycles. The molecule has 2 N–H and O–H groups in total. The molecular formula is C16H13ClN4O2S. The summed E-state index contributed by atoms with van der Waals surface area (Å²) in [5.74, 6) is -0.596. The number of hydrogen-bond acceptors (Lipinski definition) is 4. The van der Waals surface area contributed by atoms with E-state index in [1.807, 2.05) is 28.8 Å². The maximum Gasteiger partial charge on any atom is 0.269 e.